The van der Waals surface area contributed by atoms with Gasteiger partial charge in [0.1, 0.15) is 10.6 Å². The molecule has 0 bridgehead atoms. The highest BCUT2D eigenvalue weighted by Crippen LogP contribution is 2.29. The molecule has 3 aromatic rings. The van der Waals surface area contributed by atoms with Crippen LogP contribution >= 0.6 is 36.2 Å². The molecule has 3 heterocycles. The van der Waals surface area contributed by atoms with Crippen molar-refractivity contribution in [1.29, 1.82) is 0 Å². The van der Waals surface area contributed by atoms with Gasteiger partial charge in [0.25, 0.3) is 5.91 Å². The molecule has 8 heteroatoms. The maximum atomic E-state index is 12.5. The number of fused-ring (bicyclic) bond motifs is 1. The van der Waals surface area contributed by atoms with Gasteiger partial charge in [-0.05, 0) is 42.7 Å². The van der Waals surface area contributed by atoms with Crippen molar-refractivity contribution in [2.45, 2.75) is 33.5 Å². The van der Waals surface area contributed by atoms with Crippen LogP contribution in [0.3, 0.4) is 0 Å². The van der Waals surface area contributed by atoms with Gasteiger partial charge in [-0.1, -0.05) is 18.2 Å². The molecule has 0 aliphatic carbocycles. The molecule has 0 unspecified atom stereocenters. The number of amides is 1. The average molecular weight is 426 g/mol. The molecule has 0 atom stereocenters. The minimum Gasteiger partial charge on any atom is -0.459 e. The van der Waals surface area contributed by atoms with Gasteiger partial charge >= 0.3 is 0 Å². The standard InChI is InChI=1S/C19H19N3O2S.2ClH/c1-11-3-6-16(24-11)19-22-12(2)17(25-19)18(23)21-8-13-4-5-14-9-20-10-15(14)7-13;;/h3-7,20H,8-10H2,1-2H3,(H,21,23);2*1H. The average Bonchev–Trinajstić information content (AvgIpc) is 3.31. The molecule has 1 amide bonds. The van der Waals surface area contributed by atoms with E-state index in [2.05, 4.69) is 33.8 Å². The first kappa shape index (κ1) is 21.4. The van der Waals surface area contributed by atoms with Crippen LogP contribution in [-0.2, 0) is 19.6 Å². The van der Waals surface area contributed by atoms with Crippen LogP contribution in [0.2, 0.25) is 0 Å². The fraction of sp³-hybridized carbons (Fsp3) is 0.263. The summed E-state index contributed by atoms with van der Waals surface area (Å²) in [6.07, 6.45) is 0. The predicted octanol–water partition coefficient (Wildman–Crippen LogP) is 4.40. The Kier molecular flexibility index (Phi) is 7.06. The number of hydrogen-bond donors (Lipinski definition) is 2. The third-order valence-corrected chi connectivity index (χ3v) is 5.48. The minimum absolute atomic E-state index is 0. The molecule has 2 N–H and O–H groups in total. The molecular weight excluding hydrogens is 405 g/mol. The van der Waals surface area contributed by atoms with Gasteiger partial charge in [-0.3, -0.25) is 4.79 Å². The zero-order chi connectivity index (χ0) is 17.4. The van der Waals surface area contributed by atoms with Crippen molar-refractivity contribution >= 4 is 42.1 Å². The number of halogens is 2. The normalized spacial score (nSPS) is 12.1. The molecule has 27 heavy (non-hydrogen) atoms. The third-order valence-electron chi connectivity index (χ3n) is 4.31. The molecule has 144 valence electrons. The lowest BCUT2D eigenvalue weighted by atomic mass is 10.1. The summed E-state index contributed by atoms with van der Waals surface area (Å²) >= 11 is 1.36. The highest BCUT2D eigenvalue weighted by atomic mass is 35.5. The molecule has 0 saturated carbocycles. The summed E-state index contributed by atoms with van der Waals surface area (Å²) in [5.41, 5.74) is 4.49. The topological polar surface area (TPSA) is 67.2 Å². The van der Waals surface area contributed by atoms with Crippen LogP contribution in [-0.4, -0.2) is 10.9 Å². The van der Waals surface area contributed by atoms with Gasteiger partial charge in [0.2, 0.25) is 0 Å². The van der Waals surface area contributed by atoms with Gasteiger partial charge in [0, 0.05) is 19.6 Å². The number of thiazole rings is 1. The molecule has 0 spiro atoms. The van der Waals surface area contributed by atoms with Crippen LogP contribution in [0.5, 0.6) is 0 Å². The predicted molar refractivity (Wildman–Crippen MR) is 112 cm³/mol. The number of benzene rings is 1. The summed E-state index contributed by atoms with van der Waals surface area (Å²) in [4.78, 5) is 17.6. The van der Waals surface area contributed by atoms with Crippen molar-refractivity contribution in [3.8, 4) is 10.8 Å². The molecule has 0 saturated heterocycles. The van der Waals surface area contributed by atoms with Crippen molar-refractivity contribution in [1.82, 2.24) is 15.6 Å². The number of furan rings is 1. The Hall–Kier alpha value is -1.86. The van der Waals surface area contributed by atoms with Crippen LogP contribution in [0.1, 0.15) is 37.8 Å². The first-order chi connectivity index (χ1) is 12.1. The summed E-state index contributed by atoms with van der Waals surface area (Å²) in [5.74, 6) is 1.44. The fourth-order valence-electron chi connectivity index (χ4n) is 2.98. The van der Waals surface area contributed by atoms with E-state index in [0.29, 0.717) is 17.2 Å². The minimum atomic E-state index is -0.0943. The monoisotopic (exact) mass is 425 g/mol. The van der Waals surface area contributed by atoms with Gasteiger partial charge in [-0.25, -0.2) is 4.98 Å². The zero-order valence-electron chi connectivity index (χ0n) is 15.0. The van der Waals surface area contributed by atoms with Gasteiger partial charge < -0.3 is 15.1 Å². The Morgan fingerprint density at radius 1 is 1.19 bits per heavy atom. The number of nitrogens with zero attached hydrogens (tertiary/aromatic N) is 1. The molecule has 5 nitrogen and oxygen atoms in total. The molecular formula is C19H21Cl2N3O2S. The smallest absolute Gasteiger partial charge is 0.263 e. The van der Waals surface area contributed by atoms with Crippen LogP contribution in [0, 0.1) is 13.8 Å². The highest BCUT2D eigenvalue weighted by molar-refractivity contribution is 7.17. The second kappa shape index (κ2) is 8.89. The van der Waals surface area contributed by atoms with Crippen molar-refractivity contribution in [2.75, 3.05) is 0 Å². The number of hydrogen-bond acceptors (Lipinski definition) is 5. The number of carbonyl (C=O) groups excluding carboxylic acids is 1. The molecule has 0 radical (unpaired) electrons. The lowest BCUT2D eigenvalue weighted by Gasteiger charge is -2.06. The van der Waals surface area contributed by atoms with Gasteiger partial charge in [-0.2, -0.15) is 0 Å². The van der Waals surface area contributed by atoms with Crippen molar-refractivity contribution < 1.29 is 9.21 Å². The van der Waals surface area contributed by atoms with E-state index in [1.807, 2.05) is 26.0 Å². The van der Waals surface area contributed by atoms with E-state index in [9.17, 15) is 4.79 Å². The first-order valence-corrected chi connectivity index (χ1v) is 9.05. The number of aryl methyl sites for hydroxylation is 2. The lowest BCUT2D eigenvalue weighted by molar-refractivity contribution is 0.0954. The summed E-state index contributed by atoms with van der Waals surface area (Å²) in [6, 6.07) is 10.1. The second-order valence-corrected chi connectivity index (χ2v) is 7.23. The molecule has 0 fully saturated rings. The van der Waals surface area contributed by atoms with E-state index in [1.165, 1.54) is 22.5 Å². The quantitative estimate of drug-likeness (QED) is 0.649. The Morgan fingerprint density at radius 2 is 1.96 bits per heavy atom. The van der Waals surface area contributed by atoms with Crippen molar-refractivity contribution in [3.63, 3.8) is 0 Å². The van der Waals surface area contributed by atoms with Gasteiger partial charge in [0.15, 0.2) is 10.8 Å². The Morgan fingerprint density at radius 3 is 2.70 bits per heavy atom. The maximum Gasteiger partial charge on any atom is 0.263 e. The first-order valence-electron chi connectivity index (χ1n) is 8.24. The van der Waals surface area contributed by atoms with E-state index in [4.69, 9.17) is 4.42 Å². The second-order valence-electron chi connectivity index (χ2n) is 6.23. The van der Waals surface area contributed by atoms with E-state index >= 15 is 0 Å². The SMILES string of the molecule is Cc1ccc(-c2nc(C)c(C(=O)NCc3ccc4c(c3)CNC4)s2)o1.Cl.Cl. The Bertz CT molecular complexity index is 952. The zero-order valence-corrected chi connectivity index (χ0v) is 17.4. The summed E-state index contributed by atoms with van der Waals surface area (Å²) in [6.45, 7) is 6.09. The molecule has 1 aliphatic rings. The largest absolute Gasteiger partial charge is 0.459 e. The lowest BCUT2D eigenvalue weighted by Crippen LogP contribution is -2.22. The van der Waals surface area contributed by atoms with Crippen molar-refractivity contribution in [3.05, 3.63) is 63.4 Å². The number of rotatable bonds is 4. The van der Waals surface area contributed by atoms with Gasteiger partial charge in [0.05, 0.1) is 5.69 Å². The van der Waals surface area contributed by atoms with Gasteiger partial charge in [-0.15, -0.1) is 36.2 Å². The van der Waals surface area contributed by atoms with Crippen LogP contribution in [0.4, 0.5) is 0 Å². The Balaban J connectivity index is 0.00000131. The maximum absolute atomic E-state index is 12.5. The highest BCUT2D eigenvalue weighted by Gasteiger charge is 2.18. The van der Waals surface area contributed by atoms with E-state index in [1.54, 1.807) is 0 Å². The Labute approximate surface area is 174 Å². The number of nitrogens with one attached hydrogen (secondary N) is 2. The molecule has 4 rings (SSSR count). The third kappa shape index (κ3) is 4.52. The number of carbonyl (C=O) groups is 1. The molecule has 2 aromatic heterocycles. The summed E-state index contributed by atoms with van der Waals surface area (Å²) in [7, 11) is 0. The van der Waals surface area contributed by atoms with E-state index in [-0.39, 0.29) is 30.7 Å². The van der Waals surface area contributed by atoms with Crippen LogP contribution < -0.4 is 10.6 Å². The summed E-state index contributed by atoms with van der Waals surface area (Å²) < 4.78 is 5.60. The van der Waals surface area contributed by atoms with Crippen LogP contribution in [0.25, 0.3) is 10.8 Å². The van der Waals surface area contributed by atoms with Crippen molar-refractivity contribution in [2.24, 2.45) is 0 Å². The molecule has 1 aliphatic heterocycles. The molecule has 1 aromatic carbocycles. The number of aromatic nitrogens is 1. The fourth-order valence-corrected chi connectivity index (χ4v) is 3.93. The van der Waals surface area contributed by atoms with Crippen LogP contribution in [0.15, 0.2) is 34.7 Å². The van der Waals surface area contributed by atoms with E-state index in [0.717, 1.165) is 35.1 Å². The van der Waals surface area contributed by atoms with E-state index < -0.39 is 0 Å². The summed E-state index contributed by atoms with van der Waals surface area (Å²) in [5, 5.41) is 7.06.